The topological polar surface area (TPSA) is 72.8 Å². The van der Waals surface area contributed by atoms with Gasteiger partial charge in [-0.25, -0.2) is 4.79 Å². The van der Waals surface area contributed by atoms with Crippen molar-refractivity contribution in [3.63, 3.8) is 0 Å². The van der Waals surface area contributed by atoms with Gasteiger partial charge in [-0.1, -0.05) is 36.4 Å². The van der Waals surface area contributed by atoms with Gasteiger partial charge >= 0.3 is 5.97 Å². The molecule has 5 nitrogen and oxygen atoms in total. The summed E-state index contributed by atoms with van der Waals surface area (Å²) >= 11 is 0. The zero-order chi connectivity index (χ0) is 18.2. The lowest BCUT2D eigenvalue weighted by Gasteiger charge is -2.15. The number of phenols is 1. The summed E-state index contributed by atoms with van der Waals surface area (Å²) < 4.78 is 10.6. The molecule has 0 aliphatic carbocycles. The monoisotopic (exact) mass is 340 g/mol. The van der Waals surface area contributed by atoms with E-state index in [2.05, 4.69) is 0 Å². The van der Waals surface area contributed by atoms with Crippen LogP contribution in [0.3, 0.4) is 0 Å². The van der Waals surface area contributed by atoms with Crippen molar-refractivity contribution in [2.75, 3.05) is 6.61 Å². The Hall–Kier alpha value is -3.08. The molecule has 0 aliphatic heterocycles. The Bertz CT molecular complexity index is 765. The molecule has 130 valence electrons. The molecule has 1 atom stereocenters. The number of carbonyl (C=O) groups excluding carboxylic acids is 2. The third-order valence-corrected chi connectivity index (χ3v) is 3.35. The predicted molar refractivity (Wildman–Crippen MR) is 93.8 cm³/mol. The molecule has 0 saturated carbocycles. The maximum absolute atomic E-state index is 12.4. The van der Waals surface area contributed by atoms with Crippen LogP contribution in [0.25, 0.3) is 0 Å². The molecule has 0 amide bonds. The molecule has 0 spiro atoms. The summed E-state index contributed by atoms with van der Waals surface area (Å²) in [6.45, 7) is 3.54. The fourth-order valence-corrected chi connectivity index (χ4v) is 2.17. The normalized spacial score (nSPS) is 11.9. The van der Waals surface area contributed by atoms with Gasteiger partial charge in [0.1, 0.15) is 24.2 Å². The van der Waals surface area contributed by atoms with E-state index >= 15 is 0 Å². The van der Waals surface area contributed by atoms with Gasteiger partial charge in [-0.2, -0.15) is 0 Å². The van der Waals surface area contributed by atoms with Gasteiger partial charge in [-0.05, 0) is 26.0 Å². The van der Waals surface area contributed by atoms with Crippen molar-refractivity contribution in [2.24, 2.45) is 0 Å². The van der Waals surface area contributed by atoms with Gasteiger partial charge in [-0.15, -0.1) is 0 Å². The number of allylic oxidation sites excluding steroid dienone is 1. The Balaban J connectivity index is 2.02. The van der Waals surface area contributed by atoms with E-state index < -0.39 is 12.1 Å². The SMILES string of the molecule is CC=CC(=O)OCC(C)Oc1ccc(C(=O)c2ccccc2)c(O)c1. The molecule has 1 N–H and O–H groups in total. The standard InChI is InChI=1S/C20H20O5/c1-3-7-19(22)24-13-14(2)25-16-10-11-17(18(21)12-16)20(23)15-8-5-4-6-9-15/h3-12,14,21H,13H2,1-2H3. The highest BCUT2D eigenvalue weighted by atomic mass is 16.6. The smallest absolute Gasteiger partial charge is 0.330 e. The average molecular weight is 340 g/mol. The fraction of sp³-hybridized carbons (Fsp3) is 0.200. The minimum Gasteiger partial charge on any atom is -0.507 e. The van der Waals surface area contributed by atoms with Gasteiger partial charge in [0, 0.05) is 17.7 Å². The number of esters is 1. The molecule has 5 heteroatoms. The summed E-state index contributed by atoms with van der Waals surface area (Å²) in [6, 6.07) is 13.2. The highest BCUT2D eigenvalue weighted by Gasteiger charge is 2.15. The number of ether oxygens (including phenoxy) is 2. The van der Waals surface area contributed by atoms with Crippen LogP contribution in [-0.2, 0) is 9.53 Å². The van der Waals surface area contributed by atoms with Crippen molar-refractivity contribution in [2.45, 2.75) is 20.0 Å². The average Bonchev–Trinajstić information content (AvgIpc) is 2.61. The Labute approximate surface area is 146 Å². The Kier molecular flexibility index (Phi) is 6.34. The zero-order valence-corrected chi connectivity index (χ0v) is 14.1. The van der Waals surface area contributed by atoms with Crippen LogP contribution in [0.5, 0.6) is 11.5 Å². The van der Waals surface area contributed by atoms with Crippen molar-refractivity contribution in [3.05, 3.63) is 71.8 Å². The summed E-state index contributed by atoms with van der Waals surface area (Å²) in [5.41, 5.74) is 0.696. The van der Waals surface area contributed by atoms with Crippen molar-refractivity contribution in [1.29, 1.82) is 0 Å². The Morgan fingerprint density at radius 1 is 1.16 bits per heavy atom. The van der Waals surface area contributed by atoms with Crippen LogP contribution in [0.4, 0.5) is 0 Å². The van der Waals surface area contributed by atoms with Crippen molar-refractivity contribution >= 4 is 11.8 Å². The lowest BCUT2D eigenvalue weighted by molar-refractivity contribution is -0.139. The van der Waals surface area contributed by atoms with E-state index in [9.17, 15) is 14.7 Å². The van der Waals surface area contributed by atoms with E-state index in [1.807, 2.05) is 6.07 Å². The summed E-state index contributed by atoms with van der Waals surface area (Å²) in [7, 11) is 0. The molecule has 0 radical (unpaired) electrons. The number of aromatic hydroxyl groups is 1. The summed E-state index contributed by atoms with van der Waals surface area (Å²) in [5, 5.41) is 10.1. The van der Waals surface area contributed by atoms with Gasteiger partial charge in [0.05, 0.1) is 5.56 Å². The summed E-state index contributed by atoms with van der Waals surface area (Å²) in [5.74, 6) is -0.483. The van der Waals surface area contributed by atoms with Crippen LogP contribution in [0.2, 0.25) is 0 Å². The van der Waals surface area contributed by atoms with Crippen LogP contribution in [0, 0.1) is 0 Å². The molecule has 2 rings (SSSR count). The Morgan fingerprint density at radius 2 is 1.88 bits per heavy atom. The molecule has 2 aromatic rings. The lowest BCUT2D eigenvalue weighted by atomic mass is 10.0. The molecular weight excluding hydrogens is 320 g/mol. The number of carbonyl (C=O) groups is 2. The van der Waals surface area contributed by atoms with Crippen molar-refractivity contribution in [1.82, 2.24) is 0 Å². The number of ketones is 1. The summed E-state index contributed by atoms with van der Waals surface area (Å²) in [4.78, 5) is 23.6. The number of benzene rings is 2. The summed E-state index contributed by atoms with van der Waals surface area (Å²) in [6.07, 6.45) is 2.51. The lowest BCUT2D eigenvalue weighted by Crippen LogP contribution is -2.21. The fourth-order valence-electron chi connectivity index (χ4n) is 2.17. The predicted octanol–water partition coefficient (Wildman–Crippen LogP) is 3.51. The number of hydrogen-bond donors (Lipinski definition) is 1. The van der Waals surface area contributed by atoms with Crippen LogP contribution in [-0.4, -0.2) is 29.6 Å². The molecule has 0 saturated heterocycles. The van der Waals surface area contributed by atoms with E-state index in [0.29, 0.717) is 11.3 Å². The quantitative estimate of drug-likeness (QED) is 0.474. The van der Waals surface area contributed by atoms with E-state index in [4.69, 9.17) is 9.47 Å². The van der Waals surface area contributed by atoms with Gasteiger partial charge in [0.2, 0.25) is 0 Å². The largest absolute Gasteiger partial charge is 0.507 e. The minimum atomic E-state index is -0.440. The van der Waals surface area contributed by atoms with E-state index in [1.54, 1.807) is 50.3 Å². The first-order valence-corrected chi connectivity index (χ1v) is 7.90. The molecule has 0 aromatic heterocycles. The van der Waals surface area contributed by atoms with Gasteiger partial charge in [-0.3, -0.25) is 4.79 Å². The van der Waals surface area contributed by atoms with E-state index in [-0.39, 0.29) is 23.7 Å². The highest BCUT2D eigenvalue weighted by molar-refractivity contribution is 6.10. The maximum atomic E-state index is 12.4. The first kappa shape index (κ1) is 18.3. The molecule has 0 bridgehead atoms. The molecule has 2 aromatic carbocycles. The minimum absolute atomic E-state index is 0.0780. The number of hydrogen-bond acceptors (Lipinski definition) is 5. The van der Waals surface area contributed by atoms with E-state index in [0.717, 1.165) is 0 Å². The second kappa shape index (κ2) is 8.68. The molecule has 0 aliphatic rings. The van der Waals surface area contributed by atoms with Gasteiger partial charge in [0.15, 0.2) is 5.78 Å². The highest BCUT2D eigenvalue weighted by Crippen LogP contribution is 2.26. The van der Waals surface area contributed by atoms with Crippen LogP contribution >= 0.6 is 0 Å². The van der Waals surface area contributed by atoms with Crippen LogP contribution < -0.4 is 4.74 Å². The molecule has 1 unspecified atom stereocenters. The van der Waals surface area contributed by atoms with Gasteiger partial charge in [0.25, 0.3) is 0 Å². The van der Waals surface area contributed by atoms with E-state index in [1.165, 1.54) is 18.2 Å². The molecule has 25 heavy (non-hydrogen) atoms. The van der Waals surface area contributed by atoms with Crippen LogP contribution in [0.1, 0.15) is 29.8 Å². The molecule has 0 heterocycles. The van der Waals surface area contributed by atoms with Gasteiger partial charge < -0.3 is 14.6 Å². The number of rotatable bonds is 7. The maximum Gasteiger partial charge on any atom is 0.330 e. The third kappa shape index (κ3) is 5.21. The van der Waals surface area contributed by atoms with Crippen molar-refractivity contribution in [3.8, 4) is 11.5 Å². The second-order valence-electron chi connectivity index (χ2n) is 5.43. The molecule has 0 fully saturated rings. The second-order valence-corrected chi connectivity index (χ2v) is 5.43. The Morgan fingerprint density at radius 3 is 2.52 bits per heavy atom. The first-order chi connectivity index (χ1) is 12.0. The van der Waals surface area contributed by atoms with Crippen LogP contribution in [0.15, 0.2) is 60.7 Å². The first-order valence-electron chi connectivity index (χ1n) is 7.90. The zero-order valence-electron chi connectivity index (χ0n) is 14.1. The third-order valence-electron chi connectivity index (χ3n) is 3.35. The van der Waals surface area contributed by atoms with Crippen molar-refractivity contribution < 1.29 is 24.2 Å². The number of phenolic OH excluding ortho intramolecular Hbond substituents is 1. The molecular formula is C20H20O5.